The van der Waals surface area contributed by atoms with Gasteiger partial charge in [0.05, 0.1) is 35.1 Å². The Bertz CT molecular complexity index is 1470. The van der Waals surface area contributed by atoms with Gasteiger partial charge in [0.15, 0.2) is 21.5 Å². The monoisotopic (exact) mass is 541 g/mol. The minimum atomic E-state index is -4.80. The second-order valence-corrected chi connectivity index (χ2v) is 11.0. The SMILES string of the molecule is Nc1cc(C(F)(F)F)c(-c2cc(C3(S(=O)(=O)c4ccc(F)c(F)c4)CC3)nc(N3CCOCC3)n2)cn1. The van der Waals surface area contributed by atoms with E-state index in [4.69, 9.17) is 10.5 Å². The van der Waals surface area contributed by atoms with Crippen LogP contribution in [0.15, 0.2) is 41.4 Å². The molecule has 1 aliphatic heterocycles. The predicted octanol–water partition coefficient (Wildman–Crippen LogP) is 3.72. The summed E-state index contributed by atoms with van der Waals surface area (Å²) in [4.78, 5) is 13.8. The highest BCUT2D eigenvalue weighted by Crippen LogP contribution is 2.55. The minimum absolute atomic E-state index is 0.0208. The molecule has 2 aliphatic rings. The van der Waals surface area contributed by atoms with Gasteiger partial charge in [-0.2, -0.15) is 13.2 Å². The number of nitrogens with zero attached hydrogens (tertiary/aromatic N) is 4. The van der Waals surface area contributed by atoms with Crippen molar-refractivity contribution in [3.05, 3.63) is 59.4 Å². The van der Waals surface area contributed by atoms with E-state index in [0.29, 0.717) is 44.5 Å². The number of ether oxygens (including phenoxy) is 1. The third-order valence-corrected chi connectivity index (χ3v) is 8.92. The first-order valence-electron chi connectivity index (χ1n) is 11.2. The molecular formula is C23H20F5N5O3S. The lowest BCUT2D eigenvalue weighted by Crippen LogP contribution is -2.38. The maximum Gasteiger partial charge on any atom is 0.417 e. The largest absolute Gasteiger partial charge is 0.417 e. The molecule has 3 aromatic rings. The summed E-state index contributed by atoms with van der Waals surface area (Å²) in [6, 6.07) is 4.09. The van der Waals surface area contributed by atoms with Crippen molar-refractivity contribution in [3.63, 3.8) is 0 Å². The molecule has 1 aromatic carbocycles. The Labute approximate surface area is 208 Å². The number of benzene rings is 1. The second-order valence-electron chi connectivity index (χ2n) is 8.76. The molecule has 0 amide bonds. The smallest absolute Gasteiger partial charge is 0.384 e. The zero-order valence-corrected chi connectivity index (χ0v) is 19.9. The molecule has 0 atom stereocenters. The van der Waals surface area contributed by atoms with E-state index >= 15 is 0 Å². The molecule has 196 valence electrons. The molecule has 2 fully saturated rings. The van der Waals surface area contributed by atoms with Crippen molar-refractivity contribution in [2.24, 2.45) is 0 Å². The first-order valence-corrected chi connectivity index (χ1v) is 12.7. The summed E-state index contributed by atoms with van der Waals surface area (Å²) >= 11 is 0. The lowest BCUT2D eigenvalue weighted by molar-refractivity contribution is -0.137. The number of rotatable bonds is 5. The fourth-order valence-corrected chi connectivity index (χ4v) is 6.24. The molecule has 0 radical (unpaired) electrons. The number of hydrogen-bond acceptors (Lipinski definition) is 8. The van der Waals surface area contributed by atoms with E-state index in [0.717, 1.165) is 12.3 Å². The number of sulfone groups is 1. The quantitative estimate of drug-likeness (QED) is 0.385. The van der Waals surface area contributed by atoms with Crippen LogP contribution in [0.5, 0.6) is 0 Å². The van der Waals surface area contributed by atoms with Gasteiger partial charge in [0.25, 0.3) is 0 Å². The van der Waals surface area contributed by atoms with Crippen LogP contribution in [0.25, 0.3) is 11.3 Å². The highest BCUT2D eigenvalue weighted by Gasteiger charge is 2.58. The van der Waals surface area contributed by atoms with Crippen molar-refractivity contribution in [2.45, 2.75) is 28.7 Å². The van der Waals surface area contributed by atoms with Crippen LogP contribution in [0.2, 0.25) is 0 Å². The third kappa shape index (κ3) is 4.48. The highest BCUT2D eigenvalue weighted by molar-refractivity contribution is 7.92. The van der Waals surface area contributed by atoms with Crippen LogP contribution in [-0.2, 0) is 25.5 Å². The molecular weight excluding hydrogens is 521 g/mol. The average molecular weight is 542 g/mol. The van der Waals surface area contributed by atoms with Gasteiger partial charge in [-0.3, -0.25) is 0 Å². The molecule has 1 saturated heterocycles. The normalized spacial score (nSPS) is 17.6. The van der Waals surface area contributed by atoms with Gasteiger partial charge in [0.2, 0.25) is 5.95 Å². The Morgan fingerprint density at radius 2 is 1.70 bits per heavy atom. The number of aromatic nitrogens is 3. The van der Waals surface area contributed by atoms with Gasteiger partial charge >= 0.3 is 6.18 Å². The van der Waals surface area contributed by atoms with Crippen LogP contribution < -0.4 is 10.6 Å². The first-order chi connectivity index (χ1) is 17.4. The van der Waals surface area contributed by atoms with E-state index in [1.54, 1.807) is 4.90 Å². The third-order valence-electron chi connectivity index (χ3n) is 6.40. The highest BCUT2D eigenvalue weighted by atomic mass is 32.2. The molecule has 37 heavy (non-hydrogen) atoms. The predicted molar refractivity (Wildman–Crippen MR) is 122 cm³/mol. The summed E-state index contributed by atoms with van der Waals surface area (Å²) < 4.78 is 99.9. The minimum Gasteiger partial charge on any atom is -0.384 e. The van der Waals surface area contributed by atoms with Crippen LogP contribution in [-0.4, -0.2) is 49.7 Å². The molecule has 0 bridgehead atoms. The van der Waals surface area contributed by atoms with E-state index in [1.807, 2.05) is 0 Å². The van der Waals surface area contributed by atoms with Crippen LogP contribution in [0.1, 0.15) is 24.1 Å². The molecule has 14 heteroatoms. The standard InChI is InChI=1S/C23H20F5N5O3S/c24-16-2-1-13(9-17(16)25)37(34,35)22(3-4-22)19-11-18(31-21(32-19)33-5-7-36-8-6-33)14-12-30-20(29)10-15(14)23(26,27)28/h1-2,9-12H,3-8H2,(H2,29,30). The molecule has 0 spiro atoms. The lowest BCUT2D eigenvalue weighted by atomic mass is 10.0. The second kappa shape index (κ2) is 8.87. The van der Waals surface area contributed by atoms with Gasteiger partial charge in [0.1, 0.15) is 10.6 Å². The van der Waals surface area contributed by atoms with Crippen molar-refractivity contribution in [1.29, 1.82) is 0 Å². The Morgan fingerprint density at radius 3 is 2.32 bits per heavy atom. The summed E-state index contributed by atoms with van der Waals surface area (Å²) in [5.41, 5.74) is 3.76. The van der Waals surface area contributed by atoms with Crippen molar-refractivity contribution >= 4 is 21.6 Å². The van der Waals surface area contributed by atoms with Gasteiger partial charge < -0.3 is 15.4 Å². The Morgan fingerprint density at radius 1 is 1.00 bits per heavy atom. The summed E-state index contributed by atoms with van der Waals surface area (Å²) in [7, 11) is -4.31. The van der Waals surface area contributed by atoms with Gasteiger partial charge in [-0.25, -0.2) is 32.2 Å². The van der Waals surface area contributed by atoms with Crippen molar-refractivity contribution in [3.8, 4) is 11.3 Å². The van der Waals surface area contributed by atoms with E-state index in [2.05, 4.69) is 15.0 Å². The lowest BCUT2D eigenvalue weighted by Gasteiger charge is -2.28. The molecule has 5 rings (SSSR count). The number of alkyl halides is 3. The maximum atomic E-state index is 13.9. The number of pyridine rings is 1. The summed E-state index contributed by atoms with van der Waals surface area (Å²) in [6.45, 7) is 1.30. The average Bonchev–Trinajstić information content (AvgIpc) is 3.68. The van der Waals surface area contributed by atoms with Crippen LogP contribution in [0.3, 0.4) is 0 Å². The van der Waals surface area contributed by atoms with Crippen LogP contribution in [0, 0.1) is 11.6 Å². The molecule has 1 saturated carbocycles. The van der Waals surface area contributed by atoms with Crippen LogP contribution >= 0.6 is 0 Å². The van der Waals surface area contributed by atoms with E-state index in [-0.39, 0.29) is 36.0 Å². The summed E-state index contributed by atoms with van der Waals surface area (Å²) in [6.07, 6.45) is -3.71. The van der Waals surface area contributed by atoms with Gasteiger partial charge in [-0.1, -0.05) is 0 Å². The number of nitrogen functional groups attached to an aromatic ring is 1. The van der Waals surface area contributed by atoms with E-state index < -0.39 is 48.4 Å². The zero-order valence-electron chi connectivity index (χ0n) is 19.1. The molecule has 8 nitrogen and oxygen atoms in total. The van der Waals surface area contributed by atoms with Gasteiger partial charge in [-0.05, 0) is 43.2 Å². The first kappa shape index (κ1) is 25.3. The van der Waals surface area contributed by atoms with Gasteiger partial charge in [-0.15, -0.1) is 0 Å². The molecule has 1 aliphatic carbocycles. The number of halogens is 5. The Balaban J connectivity index is 1.70. The molecule has 2 aromatic heterocycles. The van der Waals surface area contributed by atoms with Crippen LogP contribution in [0.4, 0.5) is 33.7 Å². The molecule has 2 N–H and O–H groups in total. The number of nitrogens with two attached hydrogens (primary N) is 1. The zero-order chi connectivity index (χ0) is 26.6. The Hall–Kier alpha value is -3.39. The fraction of sp³-hybridized carbons (Fsp3) is 0.348. The van der Waals surface area contributed by atoms with Crippen molar-refractivity contribution in [2.75, 3.05) is 36.9 Å². The number of morpholine rings is 1. The van der Waals surface area contributed by atoms with Crippen molar-refractivity contribution in [1.82, 2.24) is 15.0 Å². The fourth-order valence-electron chi connectivity index (χ4n) is 4.27. The summed E-state index contributed by atoms with van der Waals surface area (Å²) in [5.74, 6) is -2.87. The number of hydrogen-bond donors (Lipinski definition) is 1. The number of anilines is 2. The topological polar surface area (TPSA) is 111 Å². The molecule has 0 unspecified atom stereocenters. The van der Waals surface area contributed by atoms with E-state index in [9.17, 15) is 30.4 Å². The Kier molecular flexibility index (Phi) is 6.06. The van der Waals surface area contributed by atoms with Crippen molar-refractivity contribution < 1.29 is 35.1 Å². The van der Waals surface area contributed by atoms with E-state index in [1.165, 1.54) is 6.07 Å². The van der Waals surface area contributed by atoms with Gasteiger partial charge in [0, 0.05) is 24.8 Å². The molecule has 3 heterocycles. The maximum absolute atomic E-state index is 13.9. The summed E-state index contributed by atoms with van der Waals surface area (Å²) in [5, 5.41) is 0.